The monoisotopic (exact) mass is 322 g/mol. The molecule has 1 aromatic carbocycles. The molecule has 0 saturated carbocycles. The smallest absolute Gasteiger partial charge is 0.0772 e. The van der Waals surface area contributed by atoms with Crippen molar-refractivity contribution < 1.29 is 5.11 Å². The summed E-state index contributed by atoms with van der Waals surface area (Å²) in [5.41, 5.74) is 2.32. The number of hydrogen-bond acceptors (Lipinski definition) is 4. The van der Waals surface area contributed by atoms with Gasteiger partial charge in [-0.2, -0.15) is 0 Å². The molecule has 1 atom stereocenters. The van der Waals surface area contributed by atoms with Gasteiger partial charge in [0.05, 0.1) is 6.10 Å². The standard InChI is InChI=1S/C18H30N2OS/c1-14(2)7-8-19-9-11-20(12-10-19)16-5-6-17(15(3)21)18(13-16)22-4/h5-6,13-15,21H,7-12H2,1-4H3. The molecule has 1 heterocycles. The zero-order valence-electron chi connectivity index (χ0n) is 14.4. The van der Waals surface area contributed by atoms with Crippen LogP contribution in [-0.2, 0) is 0 Å². The van der Waals surface area contributed by atoms with Crippen LogP contribution < -0.4 is 4.90 Å². The highest BCUT2D eigenvalue weighted by molar-refractivity contribution is 7.98. The summed E-state index contributed by atoms with van der Waals surface area (Å²) in [5.74, 6) is 0.787. The lowest BCUT2D eigenvalue weighted by Crippen LogP contribution is -2.46. The second-order valence-electron chi connectivity index (χ2n) is 6.61. The summed E-state index contributed by atoms with van der Waals surface area (Å²) >= 11 is 1.72. The van der Waals surface area contributed by atoms with Crippen molar-refractivity contribution in [3.63, 3.8) is 0 Å². The molecule has 0 aromatic heterocycles. The van der Waals surface area contributed by atoms with Crippen LogP contribution in [-0.4, -0.2) is 49.0 Å². The van der Waals surface area contributed by atoms with Crippen LogP contribution in [0.15, 0.2) is 23.1 Å². The fraction of sp³-hybridized carbons (Fsp3) is 0.667. The highest BCUT2D eigenvalue weighted by atomic mass is 32.2. The number of hydrogen-bond donors (Lipinski definition) is 1. The fourth-order valence-corrected chi connectivity index (χ4v) is 3.63. The van der Waals surface area contributed by atoms with Gasteiger partial charge >= 0.3 is 0 Å². The van der Waals surface area contributed by atoms with Crippen LogP contribution in [0, 0.1) is 5.92 Å². The van der Waals surface area contributed by atoms with E-state index in [-0.39, 0.29) is 0 Å². The fourth-order valence-electron chi connectivity index (χ4n) is 2.91. The second-order valence-corrected chi connectivity index (χ2v) is 7.46. The van der Waals surface area contributed by atoms with Crippen molar-refractivity contribution in [2.24, 2.45) is 5.92 Å². The molecule has 3 nitrogen and oxygen atoms in total. The Kier molecular flexibility index (Phi) is 6.60. The molecule has 0 spiro atoms. The lowest BCUT2D eigenvalue weighted by molar-refractivity contribution is 0.196. The molecule has 0 radical (unpaired) electrons. The molecule has 1 aromatic rings. The number of nitrogens with zero attached hydrogens (tertiary/aromatic N) is 2. The number of aliphatic hydroxyl groups excluding tert-OH is 1. The molecule has 124 valence electrons. The Balaban J connectivity index is 1.96. The predicted octanol–water partition coefficient (Wildman–Crippen LogP) is 3.63. The molecule has 1 fully saturated rings. The molecule has 4 heteroatoms. The van der Waals surface area contributed by atoms with Gasteiger partial charge in [0.2, 0.25) is 0 Å². The average molecular weight is 323 g/mol. The summed E-state index contributed by atoms with van der Waals surface area (Å²) < 4.78 is 0. The molecule has 2 rings (SSSR count). The Hall–Kier alpha value is -0.710. The average Bonchev–Trinajstić information content (AvgIpc) is 2.52. The van der Waals surface area contributed by atoms with Gasteiger partial charge in [-0.25, -0.2) is 0 Å². The van der Waals surface area contributed by atoms with E-state index in [1.807, 2.05) is 6.92 Å². The minimum atomic E-state index is -0.399. The molecule has 22 heavy (non-hydrogen) atoms. The highest BCUT2D eigenvalue weighted by Crippen LogP contribution is 2.30. The van der Waals surface area contributed by atoms with Gasteiger partial charge < -0.3 is 10.0 Å². The summed E-state index contributed by atoms with van der Waals surface area (Å²) in [5, 5.41) is 9.84. The zero-order valence-corrected chi connectivity index (χ0v) is 15.2. The molecular weight excluding hydrogens is 292 g/mol. The van der Waals surface area contributed by atoms with Crippen LogP contribution in [0.1, 0.15) is 38.9 Å². The quantitative estimate of drug-likeness (QED) is 0.809. The lowest BCUT2D eigenvalue weighted by Gasteiger charge is -2.36. The first-order chi connectivity index (χ1) is 10.5. The van der Waals surface area contributed by atoms with Crippen LogP contribution in [0.5, 0.6) is 0 Å². The second kappa shape index (κ2) is 8.23. The van der Waals surface area contributed by atoms with E-state index >= 15 is 0 Å². The van der Waals surface area contributed by atoms with Crippen LogP contribution in [0.4, 0.5) is 5.69 Å². The summed E-state index contributed by atoms with van der Waals surface area (Å²) in [6.45, 7) is 12.2. The van der Waals surface area contributed by atoms with E-state index < -0.39 is 6.10 Å². The summed E-state index contributed by atoms with van der Waals surface area (Å²) in [6.07, 6.45) is 2.97. The maximum Gasteiger partial charge on any atom is 0.0772 e. The van der Waals surface area contributed by atoms with Crippen molar-refractivity contribution in [2.75, 3.05) is 43.9 Å². The van der Waals surface area contributed by atoms with Gasteiger partial charge in [0.25, 0.3) is 0 Å². The first-order valence-corrected chi connectivity index (χ1v) is 9.57. The maximum absolute atomic E-state index is 9.84. The van der Waals surface area contributed by atoms with Crippen molar-refractivity contribution in [2.45, 2.75) is 38.2 Å². The zero-order chi connectivity index (χ0) is 16.1. The van der Waals surface area contributed by atoms with Gasteiger partial charge in [0.15, 0.2) is 0 Å². The lowest BCUT2D eigenvalue weighted by atomic mass is 10.1. The van der Waals surface area contributed by atoms with E-state index in [4.69, 9.17) is 0 Å². The number of thioether (sulfide) groups is 1. The molecule has 0 amide bonds. The van der Waals surface area contributed by atoms with E-state index in [9.17, 15) is 5.11 Å². The minimum Gasteiger partial charge on any atom is -0.389 e. The first kappa shape index (κ1) is 17.6. The molecule has 1 aliphatic rings. The first-order valence-electron chi connectivity index (χ1n) is 8.34. The number of benzene rings is 1. The van der Waals surface area contributed by atoms with Crippen molar-refractivity contribution in [3.05, 3.63) is 23.8 Å². The Bertz CT molecular complexity index is 468. The van der Waals surface area contributed by atoms with E-state index in [1.54, 1.807) is 11.8 Å². The Morgan fingerprint density at radius 3 is 2.36 bits per heavy atom. The van der Waals surface area contributed by atoms with Crippen molar-refractivity contribution >= 4 is 17.4 Å². The van der Waals surface area contributed by atoms with Crippen molar-refractivity contribution in [1.29, 1.82) is 0 Å². The summed E-state index contributed by atoms with van der Waals surface area (Å²) in [4.78, 5) is 6.24. The Labute approximate surface area is 139 Å². The number of piperazine rings is 1. The van der Waals surface area contributed by atoms with Crippen molar-refractivity contribution in [1.82, 2.24) is 4.90 Å². The summed E-state index contributed by atoms with van der Waals surface area (Å²) in [6, 6.07) is 6.47. The molecular formula is C18H30N2OS. The van der Waals surface area contributed by atoms with Gasteiger partial charge in [-0.05, 0) is 49.8 Å². The minimum absolute atomic E-state index is 0.399. The normalized spacial score (nSPS) is 18.0. The van der Waals surface area contributed by atoms with Gasteiger partial charge in [-0.1, -0.05) is 19.9 Å². The number of anilines is 1. The van der Waals surface area contributed by atoms with Crippen LogP contribution in [0.3, 0.4) is 0 Å². The third kappa shape index (κ3) is 4.64. The number of aliphatic hydroxyl groups is 1. The number of rotatable bonds is 6. The highest BCUT2D eigenvalue weighted by Gasteiger charge is 2.18. The van der Waals surface area contributed by atoms with Crippen LogP contribution >= 0.6 is 11.8 Å². The predicted molar refractivity (Wildman–Crippen MR) is 97.0 cm³/mol. The topological polar surface area (TPSA) is 26.7 Å². The van der Waals surface area contributed by atoms with Gasteiger partial charge in [0.1, 0.15) is 0 Å². The molecule has 1 unspecified atom stereocenters. The van der Waals surface area contributed by atoms with Crippen LogP contribution in [0.2, 0.25) is 0 Å². The molecule has 0 aliphatic carbocycles. The van der Waals surface area contributed by atoms with Gasteiger partial charge in [-0.15, -0.1) is 11.8 Å². The third-order valence-corrected chi connectivity index (χ3v) is 5.22. The molecule has 1 saturated heterocycles. The third-order valence-electron chi connectivity index (χ3n) is 4.43. The molecule has 1 N–H and O–H groups in total. The Morgan fingerprint density at radius 1 is 1.14 bits per heavy atom. The van der Waals surface area contributed by atoms with E-state index in [0.717, 1.165) is 37.7 Å². The Morgan fingerprint density at radius 2 is 1.82 bits per heavy atom. The largest absolute Gasteiger partial charge is 0.389 e. The van der Waals surface area contributed by atoms with Crippen LogP contribution in [0.25, 0.3) is 0 Å². The maximum atomic E-state index is 9.84. The SMILES string of the molecule is CSc1cc(N2CCN(CCC(C)C)CC2)ccc1C(C)O. The van der Waals surface area contributed by atoms with Gasteiger partial charge in [-0.3, -0.25) is 4.90 Å². The van der Waals surface area contributed by atoms with E-state index in [2.05, 4.69) is 48.1 Å². The molecule has 1 aliphatic heterocycles. The van der Waals surface area contributed by atoms with E-state index in [1.165, 1.54) is 23.5 Å². The van der Waals surface area contributed by atoms with Crippen molar-refractivity contribution in [3.8, 4) is 0 Å². The van der Waals surface area contributed by atoms with E-state index in [0.29, 0.717) is 0 Å². The summed E-state index contributed by atoms with van der Waals surface area (Å²) in [7, 11) is 0. The molecule has 0 bridgehead atoms. The van der Waals surface area contributed by atoms with Gasteiger partial charge in [0, 0.05) is 36.8 Å².